The minimum Gasteiger partial charge on any atom is -0.474 e. The molecule has 2 bridgehead atoms. The van der Waals surface area contributed by atoms with E-state index in [1.165, 1.54) is 6.33 Å². The van der Waals surface area contributed by atoms with Gasteiger partial charge in [0, 0.05) is 31.1 Å². The molecule has 2 aliphatic rings. The zero-order valence-electron chi connectivity index (χ0n) is 17.1. The minimum atomic E-state index is -0.670. The summed E-state index contributed by atoms with van der Waals surface area (Å²) in [6.45, 7) is 2.85. The van der Waals surface area contributed by atoms with Gasteiger partial charge in [0.15, 0.2) is 5.75 Å². The summed E-state index contributed by atoms with van der Waals surface area (Å²) in [4.78, 5) is 26.7. The van der Waals surface area contributed by atoms with Gasteiger partial charge in [-0.3, -0.25) is 4.98 Å². The Kier molecular flexibility index (Phi) is 5.96. The molecule has 9 heteroatoms. The Bertz CT molecular complexity index is 898. The molecular formula is C21H25FN4O4. The number of aromatic nitrogens is 3. The molecule has 30 heavy (non-hydrogen) atoms. The fourth-order valence-corrected chi connectivity index (χ4v) is 4.20. The van der Waals surface area contributed by atoms with Gasteiger partial charge in [-0.1, -0.05) is 0 Å². The van der Waals surface area contributed by atoms with E-state index in [-0.39, 0.29) is 24.8 Å². The zero-order valence-corrected chi connectivity index (χ0v) is 17.1. The summed E-state index contributed by atoms with van der Waals surface area (Å²) >= 11 is 0. The number of aryl methyl sites for hydroxylation is 1. The van der Waals surface area contributed by atoms with Crippen molar-refractivity contribution in [1.82, 2.24) is 19.9 Å². The molecule has 4 heterocycles. The van der Waals surface area contributed by atoms with Gasteiger partial charge in [-0.25, -0.2) is 19.2 Å². The van der Waals surface area contributed by atoms with Crippen LogP contribution < -0.4 is 9.47 Å². The number of alkyl halides is 1. The molecule has 2 fully saturated rings. The fourth-order valence-electron chi connectivity index (χ4n) is 4.20. The Hall–Kier alpha value is -2.97. The van der Waals surface area contributed by atoms with E-state index in [2.05, 4.69) is 15.0 Å². The van der Waals surface area contributed by atoms with Gasteiger partial charge in [-0.2, -0.15) is 0 Å². The molecule has 0 aromatic carbocycles. The van der Waals surface area contributed by atoms with Gasteiger partial charge >= 0.3 is 6.09 Å². The molecule has 2 saturated heterocycles. The number of hydrogen-bond donors (Lipinski definition) is 0. The lowest BCUT2D eigenvalue weighted by Crippen LogP contribution is -2.49. The van der Waals surface area contributed by atoms with Gasteiger partial charge in [0.05, 0.1) is 11.3 Å². The van der Waals surface area contributed by atoms with Crippen LogP contribution in [-0.4, -0.2) is 57.4 Å². The summed E-state index contributed by atoms with van der Waals surface area (Å²) < 4.78 is 29.4. The maximum absolute atomic E-state index is 12.3. The number of carbonyl (C=O) groups is 1. The molecule has 0 N–H and O–H groups in total. The van der Waals surface area contributed by atoms with Crippen molar-refractivity contribution in [3.8, 4) is 17.5 Å². The summed E-state index contributed by atoms with van der Waals surface area (Å²) in [6.07, 6.45) is 5.78. The first-order valence-electron chi connectivity index (χ1n) is 10.2. The second-order valence-electron chi connectivity index (χ2n) is 7.60. The van der Waals surface area contributed by atoms with Crippen LogP contribution in [0.1, 0.15) is 36.9 Å². The van der Waals surface area contributed by atoms with E-state index in [0.29, 0.717) is 35.9 Å². The van der Waals surface area contributed by atoms with Crippen molar-refractivity contribution >= 4 is 6.09 Å². The molecule has 2 atom stereocenters. The molecular weight excluding hydrogens is 391 g/mol. The van der Waals surface area contributed by atoms with Crippen molar-refractivity contribution < 1.29 is 23.4 Å². The minimum absolute atomic E-state index is 0.0387. The predicted molar refractivity (Wildman–Crippen MR) is 105 cm³/mol. The van der Waals surface area contributed by atoms with E-state index in [1.54, 1.807) is 17.2 Å². The lowest BCUT2D eigenvalue weighted by Gasteiger charge is -2.37. The Morgan fingerprint density at radius 2 is 1.90 bits per heavy atom. The monoisotopic (exact) mass is 416 g/mol. The number of piperidine rings is 1. The van der Waals surface area contributed by atoms with Crippen LogP contribution in [0.15, 0.2) is 24.7 Å². The molecule has 0 saturated carbocycles. The summed E-state index contributed by atoms with van der Waals surface area (Å²) in [6, 6.07) is 3.71. The molecule has 0 radical (unpaired) electrons. The second kappa shape index (κ2) is 8.81. The first-order valence-corrected chi connectivity index (χ1v) is 10.2. The molecule has 2 aliphatic heterocycles. The average Bonchev–Trinajstić information content (AvgIpc) is 3.01. The van der Waals surface area contributed by atoms with Crippen LogP contribution in [0, 0.1) is 13.8 Å². The molecule has 2 aromatic rings. The van der Waals surface area contributed by atoms with Crippen molar-refractivity contribution in [2.75, 3.05) is 13.3 Å². The van der Waals surface area contributed by atoms with Crippen LogP contribution in [0.25, 0.3) is 0 Å². The zero-order chi connectivity index (χ0) is 21.1. The highest BCUT2D eigenvalue weighted by atomic mass is 19.1. The number of ether oxygens (including phenoxy) is 3. The van der Waals surface area contributed by atoms with Crippen LogP contribution in [0.2, 0.25) is 0 Å². The number of carbonyl (C=O) groups excluding carboxylic acids is 1. The van der Waals surface area contributed by atoms with Gasteiger partial charge in [-0.05, 0) is 38.8 Å². The van der Waals surface area contributed by atoms with Gasteiger partial charge in [0.25, 0.3) is 0 Å². The molecule has 2 aromatic heterocycles. The standard InChI is InChI=1S/C21H25FN4O4/c1-13-19(24-12-25-20(13)30-18-4-3-8-23-14(18)2)29-17-10-15-5-6-16(11-17)26(15)21(27)28-9-7-22/h3-4,8,12,15-17H,5-7,9-11H2,1-2H3. The maximum Gasteiger partial charge on any atom is 0.410 e. The fraction of sp³-hybridized carbons (Fsp3) is 0.524. The van der Waals surface area contributed by atoms with E-state index < -0.39 is 12.8 Å². The first-order chi connectivity index (χ1) is 14.6. The van der Waals surface area contributed by atoms with Gasteiger partial charge < -0.3 is 19.1 Å². The van der Waals surface area contributed by atoms with E-state index in [4.69, 9.17) is 14.2 Å². The number of fused-ring (bicyclic) bond motifs is 2. The molecule has 0 spiro atoms. The SMILES string of the molecule is Cc1ncccc1Oc1ncnc(OC2CC3CCC(C2)N3C(=O)OCCF)c1C. The number of amides is 1. The third kappa shape index (κ3) is 4.15. The molecule has 160 valence electrons. The van der Waals surface area contributed by atoms with E-state index in [1.807, 2.05) is 19.9 Å². The highest BCUT2D eigenvalue weighted by molar-refractivity contribution is 5.69. The molecule has 1 amide bonds. The van der Waals surface area contributed by atoms with Crippen LogP contribution in [-0.2, 0) is 4.74 Å². The number of pyridine rings is 1. The summed E-state index contributed by atoms with van der Waals surface area (Å²) in [5.74, 6) is 1.52. The summed E-state index contributed by atoms with van der Waals surface area (Å²) in [7, 11) is 0. The van der Waals surface area contributed by atoms with E-state index >= 15 is 0 Å². The third-order valence-corrected chi connectivity index (χ3v) is 5.64. The van der Waals surface area contributed by atoms with Crippen LogP contribution in [0.3, 0.4) is 0 Å². The summed E-state index contributed by atoms with van der Waals surface area (Å²) in [5.41, 5.74) is 1.47. The Labute approximate surface area is 174 Å². The highest BCUT2D eigenvalue weighted by Gasteiger charge is 2.45. The van der Waals surface area contributed by atoms with E-state index in [0.717, 1.165) is 18.5 Å². The Morgan fingerprint density at radius 3 is 2.60 bits per heavy atom. The molecule has 2 unspecified atom stereocenters. The van der Waals surface area contributed by atoms with Crippen molar-refractivity contribution in [1.29, 1.82) is 0 Å². The lowest BCUT2D eigenvalue weighted by atomic mass is 10.0. The number of hydrogen-bond acceptors (Lipinski definition) is 7. The molecule has 8 nitrogen and oxygen atoms in total. The van der Waals surface area contributed by atoms with Crippen LogP contribution >= 0.6 is 0 Å². The number of halogens is 1. The smallest absolute Gasteiger partial charge is 0.410 e. The van der Waals surface area contributed by atoms with E-state index in [9.17, 15) is 9.18 Å². The Balaban J connectivity index is 1.43. The second-order valence-corrected chi connectivity index (χ2v) is 7.60. The number of rotatable bonds is 6. The van der Waals surface area contributed by atoms with Crippen molar-refractivity contribution in [3.63, 3.8) is 0 Å². The van der Waals surface area contributed by atoms with Crippen molar-refractivity contribution in [2.24, 2.45) is 0 Å². The largest absolute Gasteiger partial charge is 0.474 e. The topological polar surface area (TPSA) is 86.7 Å². The van der Waals surface area contributed by atoms with Gasteiger partial charge in [0.2, 0.25) is 11.8 Å². The van der Waals surface area contributed by atoms with Gasteiger partial charge in [-0.15, -0.1) is 0 Å². The number of nitrogens with zero attached hydrogens (tertiary/aromatic N) is 4. The van der Waals surface area contributed by atoms with Gasteiger partial charge in [0.1, 0.15) is 25.7 Å². The quantitative estimate of drug-likeness (QED) is 0.709. The first kappa shape index (κ1) is 20.3. The van der Waals surface area contributed by atoms with Crippen LogP contribution in [0.5, 0.6) is 17.5 Å². The third-order valence-electron chi connectivity index (χ3n) is 5.64. The van der Waals surface area contributed by atoms with Crippen molar-refractivity contribution in [3.05, 3.63) is 35.9 Å². The summed E-state index contributed by atoms with van der Waals surface area (Å²) in [5, 5.41) is 0. The van der Waals surface area contributed by atoms with Crippen LogP contribution in [0.4, 0.5) is 9.18 Å². The normalized spacial score (nSPS) is 22.6. The average molecular weight is 416 g/mol. The maximum atomic E-state index is 12.3. The molecule has 0 aliphatic carbocycles. The lowest BCUT2D eigenvalue weighted by molar-refractivity contribution is 0.0298. The highest BCUT2D eigenvalue weighted by Crippen LogP contribution is 2.38. The Morgan fingerprint density at radius 1 is 1.17 bits per heavy atom. The molecule has 4 rings (SSSR count). The van der Waals surface area contributed by atoms with Crippen molar-refractivity contribution in [2.45, 2.75) is 57.7 Å². The predicted octanol–water partition coefficient (Wildman–Crippen LogP) is 3.76.